The monoisotopic (exact) mass is 247 g/mol. The molecular weight excluding hydrogens is 230 g/mol. The summed E-state index contributed by atoms with van der Waals surface area (Å²) in [6.07, 6.45) is 0.879. The van der Waals surface area contributed by atoms with Crippen LogP contribution in [-0.2, 0) is 6.42 Å². The molecule has 0 bridgehead atoms. The molecule has 0 saturated carbocycles. The third-order valence-electron chi connectivity index (χ3n) is 2.79. The summed E-state index contributed by atoms with van der Waals surface area (Å²) in [6, 6.07) is 8.50. The summed E-state index contributed by atoms with van der Waals surface area (Å²) in [6.45, 7) is 4.25. The first-order valence-corrected chi connectivity index (χ1v) is 6.67. The highest BCUT2D eigenvalue weighted by molar-refractivity contribution is 7.09. The van der Waals surface area contributed by atoms with Gasteiger partial charge in [0.05, 0.1) is 17.3 Å². The van der Waals surface area contributed by atoms with Crippen molar-refractivity contribution in [1.82, 2.24) is 4.98 Å². The van der Waals surface area contributed by atoms with Gasteiger partial charge in [0.15, 0.2) is 0 Å². The lowest BCUT2D eigenvalue weighted by Crippen LogP contribution is -1.99. The quantitative estimate of drug-likeness (QED) is 0.900. The largest absolute Gasteiger partial charge is 0.396 e. The van der Waals surface area contributed by atoms with E-state index in [-0.39, 0.29) is 12.5 Å². The highest BCUT2D eigenvalue weighted by Crippen LogP contribution is 2.20. The molecule has 3 heteroatoms. The van der Waals surface area contributed by atoms with Crippen LogP contribution >= 0.6 is 11.3 Å². The van der Waals surface area contributed by atoms with Gasteiger partial charge in [0.25, 0.3) is 0 Å². The molecule has 17 heavy (non-hydrogen) atoms. The fourth-order valence-corrected chi connectivity index (χ4v) is 2.67. The molecule has 2 rings (SSSR count). The molecule has 0 saturated heterocycles. The first kappa shape index (κ1) is 12.3. The molecule has 0 radical (unpaired) electrons. The highest BCUT2D eigenvalue weighted by atomic mass is 32.1. The Kier molecular flexibility index (Phi) is 3.92. The van der Waals surface area contributed by atoms with Crippen molar-refractivity contribution in [3.63, 3.8) is 0 Å². The zero-order chi connectivity index (χ0) is 12.3. The Morgan fingerprint density at radius 1 is 1.41 bits per heavy atom. The predicted molar refractivity (Wildman–Crippen MR) is 71.6 cm³/mol. The lowest BCUT2D eigenvalue weighted by Gasteiger charge is -2.02. The molecule has 0 aliphatic rings. The van der Waals surface area contributed by atoms with Crippen LogP contribution in [0, 0.1) is 6.92 Å². The number of aliphatic hydroxyl groups is 1. The predicted octanol–water partition coefficient (Wildman–Crippen LogP) is 3.14. The number of nitrogens with zero attached hydrogens (tertiary/aromatic N) is 1. The third kappa shape index (κ3) is 3.14. The van der Waals surface area contributed by atoms with E-state index >= 15 is 0 Å². The maximum absolute atomic E-state index is 9.09. The first-order chi connectivity index (χ1) is 8.19. The lowest BCUT2D eigenvalue weighted by atomic mass is 10.1. The van der Waals surface area contributed by atoms with Crippen LogP contribution in [0.25, 0.3) is 0 Å². The van der Waals surface area contributed by atoms with Gasteiger partial charge in [0, 0.05) is 17.7 Å². The molecule has 2 aromatic rings. The van der Waals surface area contributed by atoms with E-state index in [1.807, 2.05) is 12.3 Å². The minimum atomic E-state index is 0.137. The van der Waals surface area contributed by atoms with Gasteiger partial charge in [-0.05, 0) is 12.5 Å². The van der Waals surface area contributed by atoms with E-state index in [1.165, 1.54) is 11.1 Å². The molecule has 1 N–H and O–H groups in total. The molecule has 90 valence electrons. The Morgan fingerprint density at radius 2 is 2.24 bits per heavy atom. The smallest absolute Gasteiger partial charge is 0.0972 e. The summed E-state index contributed by atoms with van der Waals surface area (Å²) in [5, 5.41) is 12.3. The molecule has 1 aromatic heterocycles. The fraction of sp³-hybridized carbons (Fsp3) is 0.357. The van der Waals surface area contributed by atoms with E-state index in [2.05, 4.69) is 36.2 Å². The molecule has 0 spiro atoms. The summed E-state index contributed by atoms with van der Waals surface area (Å²) in [5.74, 6) is 0.137. The Hall–Kier alpha value is -1.19. The van der Waals surface area contributed by atoms with Crippen LogP contribution in [-0.4, -0.2) is 16.7 Å². The Morgan fingerprint density at radius 3 is 2.94 bits per heavy atom. The molecule has 1 atom stereocenters. The first-order valence-electron chi connectivity index (χ1n) is 5.79. The molecule has 0 aliphatic heterocycles. The van der Waals surface area contributed by atoms with E-state index in [1.54, 1.807) is 11.3 Å². The van der Waals surface area contributed by atoms with Crippen LogP contribution in [0.3, 0.4) is 0 Å². The third-order valence-corrected chi connectivity index (χ3v) is 3.65. The van der Waals surface area contributed by atoms with Gasteiger partial charge in [-0.1, -0.05) is 36.8 Å². The molecule has 0 amide bonds. The van der Waals surface area contributed by atoms with E-state index in [9.17, 15) is 0 Å². The second-order valence-electron chi connectivity index (χ2n) is 4.42. The number of hydrogen-bond acceptors (Lipinski definition) is 3. The molecule has 1 heterocycles. The zero-order valence-corrected chi connectivity index (χ0v) is 11.0. The van der Waals surface area contributed by atoms with Gasteiger partial charge < -0.3 is 5.11 Å². The Labute approximate surface area is 106 Å². The van der Waals surface area contributed by atoms with Crippen molar-refractivity contribution in [2.75, 3.05) is 6.61 Å². The van der Waals surface area contributed by atoms with Crippen LogP contribution in [0.1, 0.15) is 34.7 Å². The van der Waals surface area contributed by atoms with Crippen molar-refractivity contribution >= 4 is 11.3 Å². The molecular formula is C14H17NOS. The van der Waals surface area contributed by atoms with Gasteiger partial charge in [-0.2, -0.15) is 0 Å². The minimum Gasteiger partial charge on any atom is -0.396 e. The molecule has 1 unspecified atom stereocenters. The maximum Gasteiger partial charge on any atom is 0.0972 e. The lowest BCUT2D eigenvalue weighted by molar-refractivity contribution is 0.271. The van der Waals surface area contributed by atoms with Crippen LogP contribution < -0.4 is 0 Å². The number of aromatic nitrogens is 1. The second-order valence-corrected chi connectivity index (χ2v) is 5.36. The van der Waals surface area contributed by atoms with Crippen molar-refractivity contribution in [2.45, 2.75) is 26.2 Å². The van der Waals surface area contributed by atoms with Crippen LogP contribution in [0.2, 0.25) is 0 Å². The number of aliphatic hydroxyl groups excluding tert-OH is 1. The van der Waals surface area contributed by atoms with Crippen molar-refractivity contribution in [1.29, 1.82) is 0 Å². The molecule has 0 fully saturated rings. The summed E-state index contributed by atoms with van der Waals surface area (Å²) < 4.78 is 0. The van der Waals surface area contributed by atoms with Crippen LogP contribution in [0.15, 0.2) is 29.6 Å². The van der Waals surface area contributed by atoms with Gasteiger partial charge in [0.1, 0.15) is 0 Å². The van der Waals surface area contributed by atoms with Crippen molar-refractivity contribution in [3.8, 4) is 0 Å². The van der Waals surface area contributed by atoms with Crippen molar-refractivity contribution in [2.24, 2.45) is 0 Å². The maximum atomic E-state index is 9.09. The van der Waals surface area contributed by atoms with Crippen LogP contribution in [0.5, 0.6) is 0 Å². The van der Waals surface area contributed by atoms with Gasteiger partial charge in [0.2, 0.25) is 0 Å². The van der Waals surface area contributed by atoms with Gasteiger partial charge in [-0.25, -0.2) is 4.98 Å². The fourth-order valence-electron chi connectivity index (χ4n) is 1.72. The summed E-state index contributed by atoms with van der Waals surface area (Å²) in [4.78, 5) is 4.56. The SMILES string of the molecule is Cc1cccc(Cc2nc(C(C)CO)cs2)c1. The minimum absolute atomic E-state index is 0.137. The average Bonchev–Trinajstić information content (AvgIpc) is 2.76. The summed E-state index contributed by atoms with van der Waals surface area (Å²) in [5.41, 5.74) is 3.57. The van der Waals surface area contributed by atoms with Gasteiger partial charge in [-0.3, -0.25) is 0 Å². The normalized spacial score (nSPS) is 12.6. The Balaban J connectivity index is 2.11. The second kappa shape index (κ2) is 5.43. The van der Waals surface area contributed by atoms with Crippen LogP contribution in [0.4, 0.5) is 0 Å². The van der Waals surface area contributed by atoms with E-state index < -0.39 is 0 Å². The Bertz CT molecular complexity index is 492. The van der Waals surface area contributed by atoms with E-state index in [4.69, 9.17) is 5.11 Å². The zero-order valence-electron chi connectivity index (χ0n) is 10.2. The van der Waals surface area contributed by atoms with E-state index in [0.717, 1.165) is 17.1 Å². The topological polar surface area (TPSA) is 33.1 Å². The van der Waals surface area contributed by atoms with Crippen molar-refractivity contribution in [3.05, 3.63) is 51.5 Å². The number of aryl methyl sites for hydroxylation is 1. The molecule has 0 aliphatic carbocycles. The van der Waals surface area contributed by atoms with E-state index in [0.29, 0.717) is 0 Å². The standard InChI is InChI=1S/C14H17NOS/c1-10-4-3-5-12(6-10)7-14-15-13(9-17-14)11(2)8-16/h3-6,9,11,16H,7-8H2,1-2H3. The number of benzene rings is 1. The average molecular weight is 247 g/mol. The summed E-state index contributed by atoms with van der Waals surface area (Å²) >= 11 is 1.67. The molecule has 2 nitrogen and oxygen atoms in total. The summed E-state index contributed by atoms with van der Waals surface area (Å²) in [7, 11) is 0. The number of hydrogen-bond donors (Lipinski definition) is 1. The number of thiazole rings is 1. The van der Waals surface area contributed by atoms with Gasteiger partial charge in [-0.15, -0.1) is 11.3 Å². The number of rotatable bonds is 4. The molecule has 1 aromatic carbocycles. The highest BCUT2D eigenvalue weighted by Gasteiger charge is 2.09. The van der Waals surface area contributed by atoms with Gasteiger partial charge >= 0.3 is 0 Å². The van der Waals surface area contributed by atoms with Crippen molar-refractivity contribution < 1.29 is 5.11 Å².